The average Bonchev–Trinajstić information content (AvgIpc) is 3.31. The fourth-order valence-corrected chi connectivity index (χ4v) is 10.5. The number of unbranched alkanes of at least 4 members (excludes halogenated alkanes) is 22. The smallest absolute Gasteiger partial charge is 0.462 e. The van der Waals surface area contributed by atoms with E-state index in [2.05, 4.69) is 48.8 Å². The van der Waals surface area contributed by atoms with Crippen molar-refractivity contribution in [2.75, 3.05) is 32.9 Å². The van der Waals surface area contributed by atoms with E-state index in [9.17, 15) is 62.4 Å². The minimum atomic E-state index is -5.61. The first kappa shape index (κ1) is 69.7. The molecule has 0 aliphatic carbocycles. The lowest BCUT2D eigenvalue weighted by Crippen LogP contribution is -2.31. The van der Waals surface area contributed by atoms with E-state index in [1.54, 1.807) is 0 Å². The van der Waals surface area contributed by atoms with Crippen LogP contribution in [0.3, 0.4) is 0 Å². The van der Waals surface area contributed by atoms with Crippen molar-refractivity contribution in [3.05, 3.63) is 24.3 Å². The number of esters is 2. The van der Waals surface area contributed by atoms with E-state index in [1.165, 1.54) is 77.0 Å². The standard InChI is InChI=1S/C50H95N2O17P3/c1-3-5-7-9-11-13-15-17-19-21-23-25-27-29-31-37-48(55)66-43-45(69-49(56)38-32-30-28-26-24-22-20-18-16-14-12-10-8-6-4-2)44-68-72(64,65)67-42-41-52-47(54)36-33-35-46(53)51-40-34-39-50(57,70(58,59)60)71(61,62)63/h17-20,45,57H,3-16,21-44H2,1-2H3,(H,51,53)(H,52,54)(H,64,65)(H2,58,59,60)(H2,61,62,63)/b19-17-,20-18-/t45-/m1/s1. The number of rotatable bonds is 50. The highest BCUT2D eigenvalue weighted by Gasteiger charge is 2.58. The van der Waals surface area contributed by atoms with Crippen LogP contribution in [0.15, 0.2) is 24.3 Å². The van der Waals surface area contributed by atoms with Gasteiger partial charge in [0.1, 0.15) is 6.61 Å². The first-order valence-electron chi connectivity index (χ1n) is 26.9. The highest BCUT2D eigenvalue weighted by molar-refractivity contribution is 7.72. The molecular weight excluding hydrogens is 993 g/mol. The molecule has 2 atom stereocenters. The highest BCUT2D eigenvalue weighted by atomic mass is 31.2. The van der Waals surface area contributed by atoms with Crippen molar-refractivity contribution in [1.29, 1.82) is 0 Å². The highest BCUT2D eigenvalue weighted by Crippen LogP contribution is 2.69. The van der Waals surface area contributed by atoms with Crippen LogP contribution in [-0.4, -0.2) is 97.4 Å². The topological polar surface area (TPSA) is 302 Å². The second kappa shape index (κ2) is 43.9. The van der Waals surface area contributed by atoms with E-state index >= 15 is 0 Å². The van der Waals surface area contributed by atoms with Crippen LogP contribution in [0.4, 0.5) is 0 Å². The van der Waals surface area contributed by atoms with Crippen LogP contribution in [0, 0.1) is 0 Å². The minimum Gasteiger partial charge on any atom is -0.462 e. The number of carbonyl (C=O) groups excluding carboxylic acids is 4. The predicted molar refractivity (Wildman–Crippen MR) is 280 cm³/mol. The zero-order valence-corrected chi connectivity index (χ0v) is 46.5. The number of amides is 2. The molecule has 22 heteroatoms. The summed E-state index contributed by atoms with van der Waals surface area (Å²) in [6, 6.07) is 0. The minimum absolute atomic E-state index is 0.0639. The number of carbonyl (C=O) groups is 4. The molecule has 0 spiro atoms. The van der Waals surface area contributed by atoms with Crippen LogP contribution in [0.2, 0.25) is 0 Å². The van der Waals surface area contributed by atoms with Gasteiger partial charge < -0.3 is 49.7 Å². The lowest BCUT2D eigenvalue weighted by atomic mass is 10.1. The normalized spacial score (nSPS) is 13.6. The van der Waals surface area contributed by atoms with E-state index in [-0.39, 0.29) is 58.2 Å². The molecule has 0 aromatic rings. The van der Waals surface area contributed by atoms with Gasteiger partial charge in [0.05, 0.1) is 13.2 Å². The molecule has 0 aliphatic rings. The SMILES string of the molecule is CCCCCCCC/C=C\CCCCCCCC(=O)OC[C@H](COP(=O)(O)OCCNC(=O)CCCC(=O)NCCCC(O)(P(=O)(O)O)P(=O)(O)O)OC(=O)CCCCCCC/C=C\CCCCCCCC. The van der Waals surface area contributed by atoms with Crippen molar-refractivity contribution in [1.82, 2.24) is 10.6 Å². The molecule has 2 amide bonds. The van der Waals surface area contributed by atoms with Crippen LogP contribution in [-0.2, 0) is 51.4 Å². The molecule has 1 unspecified atom stereocenters. The van der Waals surface area contributed by atoms with Gasteiger partial charge in [-0.3, -0.25) is 37.4 Å². The summed E-state index contributed by atoms with van der Waals surface area (Å²) >= 11 is 0. The number of phosphoric ester groups is 1. The molecule has 0 radical (unpaired) electrons. The third-order valence-electron chi connectivity index (χ3n) is 11.9. The molecule has 0 rings (SSSR count). The molecule has 8 N–H and O–H groups in total. The van der Waals surface area contributed by atoms with Crippen molar-refractivity contribution in [2.24, 2.45) is 0 Å². The number of hydrogen-bond acceptors (Lipinski definition) is 12. The molecule has 19 nitrogen and oxygen atoms in total. The molecule has 0 saturated heterocycles. The first-order chi connectivity index (χ1) is 34.3. The molecule has 0 aromatic heterocycles. The lowest BCUT2D eigenvalue weighted by Gasteiger charge is -2.29. The Kier molecular flexibility index (Phi) is 42.5. The van der Waals surface area contributed by atoms with Gasteiger partial charge >= 0.3 is 35.0 Å². The predicted octanol–water partition coefficient (Wildman–Crippen LogP) is 10.8. The van der Waals surface area contributed by atoms with Crippen molar-refractivity contribution in [3.8, 4) is 0 Å². The van der Waals surface area contributed by atoms with Gasteiger partial charge in [-0.1, -0.05) is 141 Å². The van der Waals surface area contributed by atoms with E-state index < -0.39 is 77.6 Å². The van der Waals surface area contributed by atoms with Crippen LogP contribution in [0.5, 0.6) is 0 Å². The number of ether oxygens (including phenoxy) is 2. The first-order valence-corrected chi connectivity index (χ1v) is 31.6. The maximum absolute atomic E-state index is 12.8. The Labute approximate surface area is 431 Å². The van der Waals surface area contributed by atoms with Gasteiger partial charge in [0.2, 0.25) is 11.8 Å². The molecule has 0 bridgehead atoms. The number of allylic oxidation sites excluding steroid dienone is 4. The monoisotopic (exact) mass is 1090 g/mol. The van der Waals surface area contributed by atoms with E-state index in [0.29, 0.717) is 12.8 Å². The summed E-state index contributed by atoms with van der Waals surface area (Å²) in [5, 5.41) is 11.1. The van der Waals surface area contributed by atoms with Crippen LogP contribution in [0.1, 0.15) is 226 Å². The van der Waals surface area contributed by atoms with Crippen molar-refractivity contribution < 1.29 is 81.0 Å². The molecule has 72 heavy (non-hydrogen) atoms. The average molecular weight is 1090 g/mol. The number of aliphatic hydroxyl groups is 1. The number of hydrogen-bond donors (Lipinski definition) is 8. The van der Waals surface area contributed by atoms with E-state index in [0.717, 1.165) is 77.0 Å². The van der Waals surface area contributed by atoms with Gasteiger partial charge in [-0.2, -0.15) is 0 Å². The second-order valence-corrected chi connectivity index (χ2v) is 24.0. The zero-order chi connectivity index (χ0) is 53.8. The summed E-state index contributed by atoms with van der Waals surface area (Å²) < 4.78 is 56.6. The quantitative estimate of drug-likeness (QED) is 0.0121. The summed E-state index contributed by atoms with van der Waals surface area (Å²) in [6.45, 7) is 2.55. The van der Waals surface area contributed by atoms with Gasteiger partial charge in [-0.15, -0.1) is 0 Å². The fraction of sp³-hybridized carbons (Fsp3) is 0.840. The van der Waals surface area contributed by atoms with Crippen molar-refractivity contribution in [2.45, 2.75) is 237 Å². The Hall–Kier alpha value is -2.27. The number of phosphoric acid groups is 1. The Morgan fingerprint density at radius 2 is 0.889 bits per heavy atom. The Morgan fingerprint density at radius 1 is 0.486 bits per heavy atom. The van der Waals surface area contributed by atoms with Crippen LogP contribution < -0.4 is 10.6 Å². The molecule has 0 saturated carbocycles. The van der Waals surface area contributed by atoms with Gasteiger partial charge in [-0.05, 0) is 77.0 Å². The van der Waals surface area contributed by atoms with Crippen molar-refractivity contribution >= 4 is 46.8 Å². The Bertz CT molecular complexity index is 1620. The molecule has 0 heterocycles. The molecule has 0 fully saturated rings. The van der Waals surface area contributed by atoms with Crippen molar-refractivity contribution in [3.63, 3.8) is 0 Å². The number of nitrogens with one attached hydrogen (secondary N) is 2. The fourth-order valence-electron chi connectivity index (χ4n) is 7.47. The van der Waals surface area contributed by atoms with E-state index in [1.807, 2.05) is 0 Å². The van der Waals surface area contributed by atoms with Gasteiger partial charge in [-0.25, -0.2) is 4.57 Å². The van der Waals surface area contributed by atoms with Crippen LogP contribution >= 0.6 is 23.0 Å². The third-order valence-corrected chi connectivity index (χ3v) is 16.7. The largest absolute Gasteiger partial charge is 0.472 e. The lowest BCUT2D eigenvalue weighted by molar-refractivity contribution is -0.161. The second-order valence-electron chi connectivity index (χ2n) is 18.6. The van der Waals surface area contributed by atoms with Crippen LogP contribution in [0.25, 0.3) is 0 Å². The maximum Gasteiger partial charge on any atom is 0.472 e. The maximum atomic E-state index is 12.8. The molecular formula is C50H95N2O17P3. The van der Waals surface area contributed by atoms with Gasteiger partial charge in [0.25, 0.3) is 5.08 Å². The summed E-state index contributed by atoms with van der Waals surface area (Å²) in [7, 11) is -15.9. The summed E-state index contributed by atoms with van der Waals surface area (Å²) in [5.74, 6) is -2.13. The third kappa shape index (κ3) is 40.1. The Balaban J connectivity index is 4.75. The van der Waals surface area contributed by atoms with E-state index in [4.69, 9.17) is 18.5 Å². The summed E-state index contributed by atoms with van der Waals surface area (Å²) in [5.41, 5.74) is 0. The van der Waals surface area contributed by atoms with Gasteiger partial charge in [0, 0.05) is 45.2 Å². The summed E-state index contributed by atoms with van der Waals surface area (Å²) in [6.07, 6.45) is 35.6. The van der Waals surface area contributed by atoms with Gasteiger partial charge in [0.15, 0.2) is 6.10 Å². The molecule has 0 aliphatic heterocycles. The Morgan fingerprint density at radius 3 is 1.33 bits per heavy atom. The zero-order valence-electron chi connectivity index (χ0n) is 43.8. The molecule has 0 aromatic carbocycles. The summed E-state index contributed by atoms with van der Waals surface area (Å²) in [4.78, 5) is 96.8. The molecule has 422 valence electrons.